The number of rotatable bonds is 3. The lowest BCUT2D eigenvalue weighted by molar-refractivity contribution is 0.0910. The summed E-state index contributed by atoms with van der Waals surface area (Å²) in [5.41, 5.74) is 1.56. The lowest BCUT2D eigenvalue weighted by atomic mass is 9.85. The molecule has 1 saturated carbocycles. The van der Waals surface area contributed by atoms with Crippen molar-refractivity contribution in [2.45, 2.75) is 38.6 Å². The minimum absolute atomic E-state index is 0.0254. The molecule has 0 aliphatic heterocycles. The van der Waals surface area contributed by atoms with E-state index in [4.69, 9.17) is 11.6 Å². The number of hydrogen-bond donors (Lipinski definition) is 1. The summed E-state index contributed by atoms with van der Waals surface area (Å²) in [5, 5.41) is 7.21. The Labute approximate surface area is 113 Å². The van der Waals surface area contributed by atoms with E-state index < -0.39 is 0 Å². The first kappa shape index (κ1) is 13.4. The molecule has 18 heavy (non-hydrogen) atoms. The molecular formula is C13H20ClN3O. The van der Waals surface area contributed by atoms with Crippen molar-refractivity contribution in [3.63, 3.8) is 0 Å². The van der Waals surface area contributed by atoms with Crippen LogP contribution in [0, 0.1) is 12.8 Å². The van der Waals surface area contributed by atoms with E-state index in [9.17, 15) is 4.79 Å². The Morgan fingerprint density at radius 3 is 2.89 bits per heavy atom. The Hall–Kier alpha value is -1.03. The molecule has 5 heteroatoms. The molecule has 0 aromatic carbocycles. The molecule has 2 rings (SSSR count). The fraction of sp³-hybridized carbons (Fsp3) is 0.692. The van der Waals surface area contributed by atoms with Gasteiger partial charge in [-0.05, 0) is 25.7 Å². The first-order valence-electron chi connectivity index (χ1n) is 6.49. The van der Waals surface area contributed by atoms with Crippen molar-refractivity contribution in [2.75, 3.05) is 5.88 Å². The highest BCUT2D eigenvalue weighted by atomic mass is 35.5. The highest BCUT2D eigenvalue weighted by Gasteiger charge is 2.26. The maximum Gasteiger partial charge on any atom is 0.254 e. The summed E-state index contributed by atoms with van der Waals surface area (Å²) >= 11 is 5.97. The largest absolute Gasteiger partial charge is 0.349 e. The van der Waals surface area contributed by atoms with E-state index >= 15 is 0 Å². The van der Waals surface area contributed by atoms with Crippen molar-refractivity contribution in [1.29, 1.82) is 0 Å². The van der Waals surface area contributed by atoms with E-state index in [1.807, 2.05) is 14.0 Å². The Balaban J connectivity index is 2.04. The van der Waals surface area contributed by atoms with Crippen molar-refractivity contribution in [3.05, 3.63) is 17.5 Å². The fourth-order valence-corrected chi connectivity index (χ4v) is 2.92. The summed E-state index contributed by atoms with van der Waals surface area (Å²) in [6, 6.07) is 0.211. The first-order valence-corrected chi connectivity index (χ1v) is 7.02. The van der Waals surface area contributed by atoms with Gasteiger partial charge in [0.15, 0.2) is 0 Å². The predicted molar refractivity (Wildman–Crippen MR) is 71.9 cm³/mol. The van der Waals surface area contributed by atoms with Crippen molar-refractivity contribution >= 4 is 17.5 Å². The molecule has 1 aliphatic rings. The third-order valence-corrected chi connectivity index (χ3v) is 4.30. The Morgan fingerprint density at radius 1 is 1.56 bits per heavy atom. The number of amides is 1. The molecule has 1 aromatic rings. The minimum Gasteiger partial charge on any atom is -0.349 e. The van der Waals surface area contributed by atoms with Gasteiger partial charge in [0.05, 0.1) is 11.8 Å². The average molecular weight is 270 g/mol. The van der Waals surface area contributed by atoms with Crippen LogP contribution in [0.5, 0.6) is 0 Å². The van der Waals surface area contributed by atoms with Crippen LogP contribution in [0.25, 0.3) is 0 Å². The average Bonchev–Trinajstić information content (AvgIpc) is 2.71. The van der Waals surface area contributed by atoms with Gasteiger partial charge in [-0.15, -0.1) is 11.6 Å². The Kier molecular flexibility index (Phi) is 4.27. The van der Waals surface area contributed by atoms with Gasteiger partial charge < -0.3 is 5.32 Å². The number of aromatic nitrogens is 2. The second-order valence-electron chi connectivity index (χ2n) is 5.05. The standard InChI is InChI=1S/C13H20ClN3O/c1-9-11(8-15-17(9)2)13(18)16-12-6-4-3-5-10(12)7-14/h8,10,12H,3-7H2,1-2H3,(H,16,18). The SMILES string of the molecule is Cc1c(C(=O)NC2CCCCC2CCl)cnn1C. The third kappa shape index (κ3) is 2.69. The molecule has 1 amide bonds. The van der Waals surface area contributed by atoms with Gasteiger partial charge in [-0.1, -0.05) is 12.8 Å². The van der Waals surface area contributed by atoms with Gasteiger partial charge in [-0.2, -0.15) is 5.10 Å². The highest BCUT2D eigenvalue weighted by molar-refractivity contribution is 6.18. The van der Waals surface area contributed by atoms with E-state index in [0.29, 0.717) is 17.4 Å². The molecule has 0 radical (unpaired) electrons. The summed E-state index contributed by atoms with van der Waals surface area (Å²) in [6.07, 6.45) is 6.16. The third-order valence-electron chi connectivity index (χ3n) is 3.90. The van der Waals surface area contributed by atoms with Crippen LogP contribution in [-0.2, 0) is 7.05 Å². The molecule has 100 valence electrons. The van der Waals surface area contributed by atoms with Crippen LogP contribution in [0.1, 0.15) is 41.7 Å². The van der Waals surface area contributed by atoms with Gasteiger partial charge in [-0.3, -0.25) is 9.48 Å². The number of aryl methyl sites for hydroxylation is 1. The van der Waals surface area contributed by atoms with Crippen molar-refractivity contribution in [3.8, 4) is 0 Å². The smallest absolute Gasteiger partial charge is 0.254 e. The van der Waals surface area contributed by atoms with E-state index in [0.717, 1.165) is 18.5 Å². The zero-order chi connectivity index (χ0) is 13.1. The summed E-state index contributed by atoms with van der Waals surface area (Å²) in [5.74, 6) is 1.00. The second-order valence-corrected chi connectivity index (χ2v) is 5.35. The number of hydrogen-bond acceptors (Lipinski definition) is 2. The van der Waals surface area contributed by atoms with Crippen molar-refractivity contribution < 1.29 is 4.79 Å². The highest BCUT2D eigenvalue weighted by Crippen LogP contribution is 2.25. The van der Waals surface area contributed by atoms with Gasteiger partial charge in [0.2, 0.25) is 0 Å². The summed E-state index contributed by atoms with van der Waals surface area (Å²) in [6.45, 7) is 1.90. The minimum atomic E-state index is -0.0254. The van der Waals surface area contributed by atoms with Gasteiger partial charge >= 0.3 is 0 Å². The van der Waals surface area contributed by atoms with Crippen LogP contribution >= 0.6 is 11.6 Å². The van der Waals surface area contributed by atoms with E-state index in [1.54, 1.807) is 10.9 Å². The molecule has 4 nitrogen and oxygen atoms in total. The van der Waals surface area contributed by atoms with E-state index in [1.165, 1.54) is 12.8 Å². The molecule has 0 saturated heterocycles. The second kappa shape index (κ2) is 5.74. The molecule has 2 unspecified atom stereocenters. The maximum absolute atomic E-state index is 12.2. The summed E-state index contributed by atoms with van der Waals surface area (Å²) in [4.78, 5) is 12.2. The number of nitrogens with zero attached hydrogens (tertiary/aromatic N) is 2. The lowest BCUT2D eigenvalue weighted by Gasteiger charge is -2.30. The van der Waals surface area contributed by atoms with Gasteiger partial charge in [0.1, 0.15) is 0 Å². The quantitative estimate of drug-likeness (QED) is 0.856. The van der Waals surface area contributed by atoms with Gasteiger partial charge in [0.25, 0.3) is 5.91 Å². The number of nitrogens with one attached hydrogen (secondary N) is 1. The molecule has 1 aromatic heterocycles. The maximum atomic E-state index is 12.2. The van der Waals surface area contributed by atoms with Crippen molar-refractivity contribution in [1.82, 2.24) is 15.1 Å². The molecular weight excluding hydrogens is 250 g/mol. The molecule has 0 bridgehead atoms. The lowest BCUT2D eigenvalue weighted by Crippen LogP contribution is -2.42. The van der Waals surface area contributed by atoms with Crippen molar-refractivity contribution in [2.24, 2.45) is 13.0 Å². The molecule has 0 spiro atoms. The van der Waals surface area contributed by atoms with Gasteiger partial charge in [-0.25, -0.2) is 0 Å². The zero-order valence-electron chi connectivity index (χ0n) is 10.9. The van der Waals surface area contributed by atoms with Gasteiger partial charge in [0, 0.05) is 24.7 Å². The van der Waals surface area contributed by atoms with Crippen LogP contribution in [-0.4, -0.2) is 27.6 Å². The predicted octanol–water partition coefficient (Wildman–Crippen LogP) is 2.26. The number of carbonyl (C=O) groups excluding carboxylic acids is 1. The fourth-order valence-electron chi connectivity index (χ4n) is 2.55. The van der Waals surface area contributed by atoms with Crippen LogP contribution < -0.4 is 5.32 Å². The molecule has 1 heterocycles. The van der Waals surface area contributed by atoms with E-state index in [2.05, 4.69) is 10.4 Å². The molecule has 1 aliphatic carbocycles. The summed E-state index contributed by atoms with van der Waals surface area (Å²) < 4.78 is 1.72. The topological polar surface area (TPSA) is 46.9 Å². The number of carbonyl (C=O) groups is 1. The first-order chi connectivity index (χ1) is 8.63. The van der Waals surface area contributed by atoms with E-state index in [-0.39, 0.29) is 11.9 Å². The normalized spacial score (nSPS) is 23.9. The molecule has 2 atom stereocenters. The van der Waals surface area contributed by atoms with Crippen LogP contribution in [0.3, 0.4) is 0 Å². The number of halogens is 1. The van der Waals surface area contributed by atoms with Crippen LogP contribution in [0.15, 0.2) is 6.20 Å². The summed E-state index contributed by atoms with van der Waals surface area (Å²) in [7, 11) is 1.84. The number of alkyl halides is 1. The molecule has 1 N–H and O–H groups in total. The zero-order valence-corrected chi connectivity index (χ0v) is 11.7. The molecule has 1 fully saturated rings. The monoisotopic (exact) mass is 269 g/mol. The van der Waals surface area contributed by atoms with Crippen LogP contribution in [0.4, 0.5) is 0 Å². The Morgan fingerprint density at radius 2 is 2.28 bits per heavy atom. The van der Waals surface area contributed by atoms with Crippen LogP contribution in [0.2, 0.25) is 0 Å². The Bertz CT molecular complexity index is 430.